The Morgan fingerprint density at radius 1 is 1.33 bits per heavy atom. The van der Waals surface area contributed by atoms with Gasteiger partial charge in [-0.05, 0) is 23.8 Å². The third kappa shape index (κ3) is 3.81. The number of benzene rings is 1. The zero-order valence-corrected chi connectivity index (χ0v) is 12.8. The van der Waals surface area contributed by atoms with Gasteiger partial charge < -0.3 is 5.11 Å². The second kappa shape index (κ2) is 5.01. The van der Waals surface area contributed by atoms with Gasteiger partial charge in [0.15, 0.2) is 9.84 Å². The van der Waals surface area contributed by atoms with Crippen LogP contribution in [0, 0.1) is 0 Å². The summed E-state index contributed by atoms with van der Waals surface area (Å²) in [4.78, 5) is 11.0. The van der Waals surface area contributed by atoms with Crippen molar-refractivity contribution in [3.05, 3.63) is 28.2 Å². The molecule has 1 aromatic carbocycles. The molecular weight excluding hydrogens is 320 g/mol. The van der Waals surface area contributed by atoms with Gasteiger partial charge >= 0.3 is 5.97 Å². The van der Waals surface area contributed by atoms with Crippen LogP contribution in [0.5, 0.6) is 0 Å². The lowest BCUT2D eigenvalue weighted by molar-refractivity contribution is -0.138. The zero-order chi connectivity index (χ0) is 14.1. The summed E-state index contributed by atoms with van der Waals surface area (Å²) in [6, 6.07) is 4.79. The number of aliphatic carboxylic acids is 1. The van der Waals surface area contributed by atoms with Crippen molar-refractivity contribution in [3.63, 3.8) is 0 Å². The SMILES string of the molecule is CC(C)(CC(=O)O)c1cc(Br)cc(S(C)(=O)=O)c1. The normalized spacial score (nSPS) is 12.4. The van der Waals surface area contributed by atoms with Gasteiger partial charge in [-0.2, -0.15) is 0 Å². The van der Waals surface area contributed by atoms with E-state index in [1.165, 1.54) is 12.1 Å². The van der Waals surface area contributed by atoms with Crippen molar-refractivity contribution >= 4 is 31.7 Å². The second-order valence-corrected chi connectivity index (χ2v) is 7.83. The van der Waals surface area contributed by atoms with Crippen LogP contribution in [0.25, 0.3) is 0 Å². The lowest BCUT2D eigenvalue weighted by Gasteiger charge is -2.24. The zero-order valence-electron chi connectivity index (χ0n) is 10.4. The maximum Gasteiger partial charge on any atom is 0.304 e. The van der Waals surface area contributed by atoms with Crippen molar-refractivity contribution in [2.45, 2.75) is 30.6 Å². The Hall–Kier alpha value is -0.880. The molecule has 4 nitrogen and oxygen atoms in total. The molecule has 0 aliphatic rings. The molecule has 0 spiro atoms. The topological polar surface area (TPSA) is 71.4 Å². The number of carboxylic acids is 1. The third-order valence-electron chi connectivity index (χ3n) is 2.67. The van der Waals surface area contributed by atoms with E-state index in [0.717, 1.165) is 6.26 Å². The van der Waals surface area contributed by atoms with Crippen LogP contribution in [0.2, 0.25) is 0 Å². The highest BCUT2D eigenvalue weighted by molar-refractivity contribution is 9.10. The molecule has 0 amide bonds. The molecule has 6 heteroatoms. The number of rotatable bonds is 4. The van der Waals surface area contributed by atoms with E-state index in [1.54, 1.807) is 19.9 Å². The van der Waals surface area contributed by atoms with Gasteiger partial charge in [0.2, 0.25) is 0 Å². The van der Waals surface area contributed by atoms with Gasteiger partial charge in [0, 0.05) is 16.1 Å². The van der Waals surface area contributed by atoms with Gasteiger partial charge in [-0.3, -0.25) is 4.79 Å². The minimum Gasteiger partial charge on any atom is -0.481 e. The molecule has 0 atom stereocenters. The minimum atomic E-state index is -3.31. The number of hydrogen-bond acceptors (Lipinski definition) is 3. The van der Waals surface area contributed by atoms with Crippen LogP contribution < -0.4 is 0 Å². The van der Waals surface area contributed by atoms with Crippen LogP contribution in [0.3, 0.4) is 0 Å². The first-order chi connectivity index (χ1) is 8.02. The van der Waals surface area contributed by atoms with Crippen molar-refractivity contribution < 1.29 is 18.3 Å². The Morgan fingerprint density at radius 2 is 1.89 bits per heavy atom. The van der Waals surface area contributed by atoms with Crippen molar-refractivity contribution in [3.8, 4) is 0 Å². The molecule has 0 heterocycles. The average Bonchev–Trinajstić information content (AvgIpc) is 2.13. The number of sulfone groups is 1. The summed E-state index contributed by atoms with van der Waals surface area (Å²) in [5.74, 6) is -0.916. The van der Waals surface area contributed by atoms with Crippen LogP contribution in [0.4, 0.5) is 0 Å². The molecular formula is C12H15BrO4S. The summed E-state index contributed by atoms with van der Waals surface area (Å²) in [6.07, 6.45) is 1.06. The first kappa shape index (κ1) is 15.2. The van der Waals surface area contributed by atoms with E-state index in [0.29, 0.717) is 10.0 Å². The molecule has 1 N–H and O–H groups in total. The molecule has 0 fully saturated rings. The Labute approximate surface area is 115 Å². The fourth-order valence-electron chi connectivity index (χ4n) is 1.65. The summed E-state index contributed by atoms with van der Waals surface area (Å²) in [7, 11) is -3.31. The van der Waals surface area contributed by atoms with Crippen LogP contribution in [0.15, 0.2) is 27.6 Å². The van der Waals surface area contributed by atoms with Gasteiger partial charge in [-0.25, -0.2) is 8.42 Å². The maximum absolute atomic E-state index is 11.5. The minimum absolute atomic E-state index is 0.0628. The molecule has 0 aliphatic heterocycles. The third-order valence-corrected chi connectivity index (χ3v) is 4.22. The summed E-state index contributed by atoms with van der Waals surface area (Å²) in [6.45, 7) is 3.55. The smallest absolute Gasteiger partial charge is 0.304 e. The highest BCUT2D eigenvalue weighted by Crippen LogP contribution is 2.31. The van der Waals surface area contributed by atoms with Crippen LogP contribution in [-0.4, -0.2) is 25.7 Å². The second-order valence-electron chi connectivity index (χ2n) is 4.90. The first-order valence-electron chi connectivity index (χ1n) is 5.25. The fraction of sp³-hybridized carbons (Fsp3) is 0.417. The van der Waals surface area contributed by atoms with Crippen LogP contribution in [-0.2, 0) is 20.0 Å². The lowest BCUT2D eigenvalue weighted by atomic mass is 9.82. The summed E-state index contributed by atoms with van der Waals surface area (Å²) in [5.41, 5.74) is 0.0504. The summed E-state index contributed by atoms with van der Waals surface area (Å²) in [5, 5.41) is 8.88. The molecule has 0 bridgehead atoms. The fourth-order valence-corrected chi connectivity index (χ4v) is 2.97. The molecule has 0 saturated carbocycles. The number of hydrogen-bond donors (Lipinski definition) is 1. The Bertz CT molecular complexity index is 576. The van der Waals surface area contributed by atoms with Gasteiger partial charge in [0.05, 0.1) is 11.3 Å². The van der Waals surface area contributed by atoms with Crippen LogP contribution >= 0.6 is 15.9 Å². The molecule has 1 aromatic rings. The van der Waals surface area contributed by atoms with E-state index in [1.807, 2.05) is 0 Å². The van der Waals surface area contributed by atoms with Crippen molar-refractivity contribution in [1.29, 1.82) is 0 Å². The van der Waals surface area contributed by atoms with Crippen molar-refractivity contribution in [2.24, 2.45) is 0 Å². The molecule has 0 radical (unpaired) electrons. The monoisotopic (exact) mass is 334 g/mol. The number of halogens is 1. The van der Waals surface area contributed by atoms with Gasteiger partial charge in [-0.15, -0.1) is 0 Å². The van der Waals surface area contributed by atoms with E-state index < -0.39 is 21.2 Å². The molecule has 0 aromatic heterocycles. The summed E-state index contributed by atoms with van der Waals surface area (Å²) >= 11 is 3.25. The largest absolute Gasteiger partial charge is 0.481 e. The Balaban J connectivity index is 3.34. The Morgan fingerprint density at radius 3 is 2.33 bits per heavy atom. The first-order valence-corrected chi connectivity index (χ1v) is 7.94. The van der Waals surface area contributed by atoms with Gasteiger partial charge in [-0.1, -0.05) is 29.8 Å². The van der Waals surface area contributed by atoms with Crippen molar-refractivity contribution in [2.75, 3.05) is 6.26 Å². The molecule has 0 saturated heterocycles. The van der Waals surface area contributed by atoms with Gasteiger partial charge in [0.1, 0.15) is 0 Å². The predicted octanol–water partition coefficient (Wildman–Crippen LogP) is 2.60. The van der Waals surface area contributed by atoms with E-state index in [-0.39, 0.29) is 11.3 Å². The lowest BCUT2D eigenvalue weighted by Crippen LogP contribution is -2.22. The van der Waals surface area contributed by atoms with E-state index in [2.05, 4.69) is 15.9 Å². The van der Waals surface area contributed by atoms with E-state index in [9.17, 15) is 13.2 Å². The quantitative estimate of drug-likeness (QED) is 0.918. The average molecular weight is 335 g/mol. The van der Waals surface area contributed by atoms with Crippen molar-refractivity contribution in [1.82, 2.24) is 0 Å². The molecule has 1 rings (SSSR count). The van der Waals surface area contributed by atoms with E-state index >= 15 is 0 Å². The molecule has 0 unspecified atom stereocenters. The molecule has 100 valence electrons. The number of carbonyl (C=O) groups is 1. The molecule has 18 heavy (non-hydrogen) atoms. The summed E-state index contributed by atoms with van der Waals surface area (Å²) < 4.78 is 23.7. The van der Waals surface area contributed by atoms with Gasteiger partial charge in [0.25, 0.3) is 0 Å². The highest BCUT2D eigenvalue weighted by Gasteiger charge is 2.25. The number of carboxylic acid groups (broad SMARTS) is 1. The molecule has 0 aliphatic carbocycles. The predicted molar refractivity (Wildman–Crippen MR) is 72.5 cm³/mol. The highest BCUT2D eigenvalue weighted by atomic mass is 79.9. The van der Waals surface area contributed by atoms with E-state index in [4.69, 9.17) is 5.11 Å². The Kier molecular flexibility index (Phi) is 4.23. The van der Waals surface area contributed by atoms with Crippen LogP contribution in [0.1, 0.15) is 25.8 Å². The maximum atomic E-state index is 11.5. The standard InChI is InChI=1S/C12H15BrO4S/c1-12(2,7-11(14)15)8-4-9(13)6-10(5-8)18(3,16)17/h4-6H,7H2,1-3H3,(H,14,15).